The van der Waals surface area contributed by atoms with Crippen molar-refractivity contribution in [2.24, 2.45) is 5.92 Å². The van der Waals surface area contributed by atoms with Gasteiger partial charge in [0.05, 0.1) is 0 Å². The Morgan fingerprint density at radius 1 is 0.692 bits per heavy atom. The normalized spacial score (nSPS) is 15.8. The van der Waals surface area contributed by atoms with Gasteiger partial charge in [-0.15, -0.1) is 0 Å². The summed E-state index contributed by atoms with van der Waals surface area (Å²) in [7, 11) is -4.22. The standard InChI is InChI=1S/C34H48N2Si2.Ru/c1-23(2)37(24(3)4,25(5)6)19-18-31(30(21-35)22-36)33-20-32(29-16-14-13-15-17-29)34(33)38(26(7)8,27(9)10)28(11)12;/h13-17,23-28,30H,1-12H3;/q;+1/b33-31+;. The zero-order chi connectivity index (χ0) is 29.9. The van der Waals surface area contributed by atoms with E-state index in [0.29, 0.717) is 33.2 Å². The molecule has 0 aliphatic heterocycles. The van der Waals surface area contributed by atoms with Gasteiger partial charge in [0.1, 0.15) is 0 Å². The van der Waals surface area contributed by atoms with Gasteiger partial charge < -0.3 is 0 Å². The number of nitrogens with zero attached hydrogens (tertiary/aromatic N) is 2. The van der Waals surface area contributed by atoms with Gasteiger partial charge in [-0.3, -0.25) is 0 Å². The van der Waals surface area contributed by atoms with Crippen molar-refractivity contribution in [2.75, 3.05) is 0 Å². The Labute approximate surface area is 251 Å². The SMILES string of the molecule is CC(C)[Si](C#C/C(=C1/[C](=[Ru+])C(c2ccccc2)=C1[Si](C(C)C)(C(C)C)C(C)C)C(C#N)C#N)(C(C)C)C(C)C. The van der Waals surface area contributed by atoms with Gasteiger partial charge in [-0.2, -0.15) is 0 Å². The molecule has 39 heavy (non-hydrogen) atoms. The van der Waals surface area contributed by atoms with Gasteiger partial charge in [-0.25, -0.2) is 0 Å². The number of hydrogen-bond acceptors (Lipinski definition) is 2. The van der Waals surface area contributed by atoms with E-state index in [2.05, 4.69) is 155 Å². The van der Waals surface area contributed by atoms with Crippen LogP contribution in [-0.2, 0) is 17.9 Å². The molecule has 0 spiro atoms. The third kappa shape index (κ3) is 5.69. The van der Waals surface area contributed by atoms with Gasteiger partial charge in [0.15, 0.2) is 0 Å². The van der Waals surface area contributed by atoms with Crippen molar-refractivity contribution in [3.8, 4) is 23.6 Å². The van der Waals surface area contributed by atoms with Crippen LogP contribution < -0.4 is 0 Å². The first-order valence-corrected chi connectivity index (χ1v) is 19.9. The predicted octanol–water partition coefficient (Wildman–Crippen LogP) is 9.57. The van der Waals surface area contributed by atoms with Crippen LogP contribution in [0.25, 0.3) is 5.57 Å². The molecule has 2 nitrogen and oxygen atoms in total. The zero-order valence-corrected chi connectivity index (χ0v) is 29.9. The van der Waals surface area contributed by atoms with Gasteiger partial charge in [0, 0.05) is 0 Å². The molecule has 1 aromatic carbocycles. The molecule has 1 aliphatic rings. The van der Waals surface area contributed by atoms with Gasteiger partial charge in [0.2, 0.25) is 0 Å². The van der Waals surface area contributed by atoms with Crippen LogP contribution in [0.4, 0.5) is 0 Å². The maximum absolute atomic E-state index is 10.2. The summed E-state index contributed by atoms with van der Waals surface area (Å²) in [5.74, 6) is 2.75. The molecule has 0 amide bonds. The molecule has 0 saturated heterocycles. The van der Waals surface area contributed by atoms with Gasteiger partial charge in [-0.05, 0) is 0 Å². The van der Waals surface area contributed by atoms with E-state index in [1.165, 1.54) is 16.3 Å². The molecule has 0 atom stereocenters. The average Bonchev–Trinajstić information content (AvgIpc) is 2.84. The summed E-state index contributed by atoms with van der Waals surface area (Å²) < 4.78 is 1.13. The molecular formula is C34H48N2RuSi2+. The zero-order valence-electron chi connectivity index (χ0n) is 26.2. The van der Waals surface area contributed by atoms with E-state index in [9.17, 15) is 10.5 Å². The second-order valence-corrected chi connectivity index (χ2v) is 25.2. The van der Waals surface area contributed by atoms with Crippen LogP contribution in [0, 0.1) is 40.0 Å². The molecule has 209 valence electrons. The molecule has 2 rings (SSSR count). The van der Waals surface area contributed by atoms with Crippen LogP contribution in [0.2, 0.25) is 33.2 Å². The van der Waals surface area contributed by atoms with Crippen LogP contribution >= 0.6 is 0 Å². The minimum absolute atomic E-state index is 0.478. The number of allylic oxidation sites excluding steroid dienone is 4. The fourth-order valence-corrected chi connectivity index (χ4v) is 21.5. The molecule has 0 fully saturated rings. The Balaban J connectivity index is 3.19. The average molecular weight is 642 g/mol. The topological polar surface area (TPSA) is 47.6 Å². The number of rotatable bonds is 9. The Morgan fingerprint density at radius 2 is 1.13 bits per heavy atom. The van der Waals surface area contributed by atoms with Crippen molar-refractivity contribution in [1.82, 2.24) is 0 Å². The van der Waals surface area contributed by atoms with E-state index in [1.807, 2.05) is 0 Å². The third-order valence-corrected chi connectivity index (χ3v) is 23.6. The molecule has 0 heterocycles. The number of nitriles is 2. The second-order valence-electron chi connectivity index (χ2n) is 12.9. The summed E-state index contributed by atoms with van der Waals surface area (Å²) in [6.07, 6.45) is 0. The molecule has 1 aromatic rings. The van der Waals surface area contributed by atoms with Gasteiger partial charge >= 0.3 is 252 Å². The van der Waals surface area contributed by atoms with E-state index in [4.69, 9.17) is 0 Å². The molecule has 0 aromatic heterocycles. The molecule has 0 radical (unpaired) electrons. The quantitative estimate of drug-likeness (QED) is 0.199. The van der Waals surface area contributed by atoms with Gasteiger partial charge in [-0.1, -0.05) is 0 Å². The first-order chi connectivity index (χ1) is 18.2. The first kappa shape index (κ1) is 33.4. The fourth-order valence-electron chi connectivity index (χ4n) is 7.87. The van der Waals surface area contributed by atoms with E-state index in [0.717, 1.165) is 15.3 Å². The second kappa shape index (κ2) is 13.2. The summed E-state index contributed by atoms with van der Waals surface area (Å²) in [6, 6.07) is 15.3. The molecule has 0 bridgehead atoms. The van der Waals surface area contributed by atoms with E-state index < -0.39 is 22.1 Å². The minimum atomic E-state index is -2.15. The summed E-state index contributed by atoms with van der Waals surface area (Å²) in [5.41, 5.74) is 11.1. The third-order valence-electron chi connectivity index (χ3n) is 9.38. The van der Waals surface area contributed by atoms with Crippen LogP contribution in [0.15, 0.2) is 46.7 Å². The molecule has 5 heteroatoms. The molecule has 1 aliphatic carbocycles. The summed E-state index contributed by atoms with van der Waals surface area (Å²) in [6.45, 7) is 28.1. The van der Waals surface area contributed by atoms with Crippen molar-refractivity contribution in [2.45, 2.75) is 116 Å². The van der Waals surface area contributed by atoms with Crippen molar-refractivity contribution in [3.05, 3.63) is 52.2 Å². The van der Waals surface area contributed by atoms with Crippen LogP contribution in [0.3, 0.4) is 0 Å². The van der Waals surface area contributed by atoms with E-state index in [1.54, 1.807) is 0 Å². The van der Waals surface area contributed by atoms with E-state index >= 15 is 0 Å². The van der Waals surface area contributed by atoms with Crippen molar-refractivity contribution in [3.63, 3.8) is 0 Å². The molecule has 0 unspecified atom stereocenters. The summed E-state index contributed by atoms with van der Waals surface area (Å²) in [5, 5.41) is 21.9. The molecular weight excluding hydrogens is 594 g/mol. The first-order valence-electron chi connectivity index (χ1n) is 14.6. The van der Waals surface area contributed by atoms with Crippen LogP contribution in [0.5, 0.6) is 0 Å². The monoisotopic (exact) mass is 642 g/mol. The Bertz CT molecular complexity index is 1210. The fraction of sp³-hybridized carbons (Fsp3) is 0.559. The Kier molecular flexibility index (Phi) is 11.3. The van der Waals surface area contributed by atoms with Crippen LogP contribution in [-0.4, -0.2) is 20.3 Å². The molecule has 0 N–H and O–H groups in total. The van der Waals surface area contributed by atoms with E-state index in [-0.39, 0.29) is 0 Å². The Morgan fingerprint density at radius 3 is 1.49 bits per heavy atom. The summed E-state index contributed by atoms with van der Waals surface area (Å²) >= 11 is 2.86. The van der Waals surface area contributed by atoms with Gasteiger partial charge in [0.25, 0.3) is 0 Å². The number of hydrogen-bond donors (Lipinski definition) is 0. The molecule has 0 saturated carbocycles. The Hall–Kier alpha value is -1.83. The van der Waals surface area contributed by atoms with Crippen molar-refractivity contribution in [1.29, 1.82) is 10.5 Å². The predicted molar refractivity (Wildman–Crippen MR) is 170 cm³/mol. The maximum atomic E-state index is 10.2. The number of benzene rings is 1. The summed E-state index contributed by atoms with van der Waals surface area (Å²) in [4.78, 5) is 0. The van der Waals surface area contributed by atoms with Crippen molar-refractivity contribution >= 4 is 25.8 Å². The van der Waals surface area contributed by atoms with Crippen molar-refractivity contribution < 1.29 is 17.9 Å². The van der Waals surface area contributed by atoms with Crippen LogP contribution in [0.1, 0.15) is 88.6 Å².